The third-order valence-corrected chi connectivity index (χ3v) is 3.90. The van der Waals surface area contributed by atoms with Gasteiger partial charge in [0.1, 0.15) is 0 Å². The molecule has 1 aliphatic carbocycles. The van der Waals surface area contributed by atoms with Gasteiger partial charge >= 0.3 is 0 Å². The first-order valence-corrected chi connectivity index (χ1v) is 5.82. The molecule has 82 valence electrons. The standard InChI is InChI=1S/C14H21N/c1-9-5-6-14(3,4)12-7-10(2)13(15)8-11(9)12/h7-9H,5-6,15H2,1-4H3. The summed E-state index contributed by atoms with van der Waals surface area (Å²) in [6.45, 7) is 9.09. The first-order valence-electron chi connectivity index (χ1n) is 5.82. The van der Waals surface area contributed by atoms with Gasteiger partial charge in [0.15, 0.2) is 0 Å². The van der Waals surface area contributed by atoms with Crippen molar-refractivity contribution in [3.8, 4) is 0 Å². The van der Waals surface area contributed by atoms with Crippen molar-refractivity contribution in [1.82, 2.24) is 0 Å². The predicted octanol–water partition coefficient (Wildman–Crippen LogP) is 3.75. The molecule has 0 spiro atoms. The van der Waals surface area contributed by atoms with Crippen molar-refractivity contribution in [2.45, 2.75) is 51.9 Å². The van der Waals surface area contributed by atoms with E-state index in [1.807, 2.05) is 0 Å². The second kappa shape index (κ2) is 3.26. The molecule has 0 saturated heterocycles. The highest BCUT2D eigenvalue weighted by molar-refractivity contribution is 5.54. The van der Waals surface area contributed by atoms with Crippen molar-refractivity contribution in [2.75, 3.05) is 5.73 Å². The summed E-state index contributed by atoms with van der Waals surface area (Å²) < 4.78 is 0. The van der Waals surface area contributed by atoms with Gasteiger partial charge in [-0.1, -0.05) is 26.8 Å². The summed E-state index contributed by atoms with van der Waals surface area (Å²) in [5.41, 5.74) is 11.5. The van der Waals surface area contributed by atoms with E-state index in [0.717, 1.165) is 5.69 Å². The fraction of sp³-hybridized carbons (Fsp3) is 0.571. The number of fused-ring (bicyclic) bond motifs is 1. The van der Waals surface area contributed by atoms with Crippen LogP contribution in [0.4, 0.5) is 5.69 Å². The lowest BCUT2D eigenvalue weighted by Gasteiger charge is -2.36. The zero-order valence-corrected chi connectivity index (χ0v) is 10.2. The van der Waals surface area contributed by atoms with Gasteiger partial charge in [-0.15, -0.1) is 0 Å². The summed E-state index contributed by atoms with van der Waals surface area (Å²) in [6.07, 6.45) is 2.56. The van der Waals surface area contributed by atoms with Gasteiger partial charge in [-0.25, -0.2) is 0 Å². The van der Waals surface area contributed by atoms with Crippen LogP contribution >= 0.6 is 0 Å². The Bertz CT molecular complexity index is 391. The molecule has 2 N–H and O–H groups in total. The first kappa shape index (κ1) is 10.5. The van der Waals surface area contributed by atoms with Crippen molar-refractivity contribution in [2.24, 2.45) is 0 Å². The molecule has 1 aromatic carbocycles. The second-order valence-electron chi connectivity index (χ2n) is 5.62. The Balaban J connectivity index is 2.63. The van der Waals surface area contributed by atoms with Crippen LogP contribution in [0.3, 0.4) is 0 Å². The summed E-state index contributed by atoms with van der Waals surface area (Å²) in [6, 6.07) is 4.48. The van der Waals surface area contributed by atoms with E-state index in [1.165, 1.54) is 29.5 Å². The van der Waals surface area contributed by atoms with Gasteiger partial charge in [0, 0.05) is 5.69 Å². The summed E-state index contributed by atoms with van der Waals surface area (Å²) >= 11 is 0. The van der Waals surface area contributed by atoms with E-state index in [1.54, 1.807) is 0 Å². The highest BCUT2D eigenvalue weighted by atomic mass is 14.6. The number of benzene rings is 1. The lowest BCUT2D eigenvalue weighted by molar-refractivity contribution is 0.402. The maximum atomic E-state index is 5.99. The lowest BCUT2D eigenvalue weighted by Crippen LogP contribution is -2.25. The highest BCUT2D eigenvalue weighted by Crippen LogP contribution is 2.43. The van der Waals surface area contributed by atoms with Crippen molar-refractivity contribution in [3.05, 3.63) is 28.8 Å². The zero-order valence-electron chi connectivity index (χ0n) is 10.2. The fourth-order valence-electron chi connectivity index (χ4n) is 2.60. The normalized spacial score (nSPS) is 23.6. The van der Waals surface area contributed by atoms with Gasteiger partial charge in [-0.3, -0.25) is 0 Å². The molecule has 2 rings (SSSR count). The molecule has 0 saturated carbocycles. The maximum absolute atomic E-state index is 5.99. The molecule has 0 fully saturated rings. The van der Waals surface area contributed by atoms with Gasteiger partial charge in [0.2, 0.25) is 0 Å². The molecular weight excluding hydrogens is 182 g/mol. The third kappa shape index (κ3) is 1.64. The van der Waals surface area contributed by atoms with Crippen molar-refractivity contribution in [3.63, 3.8) is 0 Å². The molecular formula is C14H21N. The molecule has 0 aromatic heterocycles. The van der Waals surface area contributed by atoms with E-state index in [2.05, 4.69) is 39.8 Å². The van der Waals surface area contributed by atoms with E-state index in [-0.39, 0.29) is 0 Å². The van der Waals surface area contributed by atoms with Gasteiger partial charge in [0.05, 0.1) is 0 Å². The molecule has 0 amide bonds. The molecule has 0 radical (unpaired) electrons. The van der Waals surface area contributed by atoms with Crippen LogP contribution in [0.1, 0.15) is 56.2 Å². The van der Waals surface area contributed by atoms with E-state index >= 15 is 0 Å². The Morgan fingerprint density at radius 3 is 2.67 bits per heavy atom. The lowest BCUT2D eigenvalue weighted by atomic mass is 9.69. The summed E-state index contributed by atoms with van der Waals surface area (Å²) in [5.74, 6) is 0.663. The van der Waals surface area contributed by atoms with Crippen LogP contribution in [0.5, 0.6) is 0 Å². The largest absolute Gasteiger partial charge is 0.399 e. The van der Waals surface area contributed by atoms with E-state index < -0.39 is 0 Å². The quantitative estimate of drug-likeness (QED) is 0.638. The predicted molar refractivity (Wildman–Crippen MR) is 66.3 cm³/mol. The molecule has 1 nitrogen and oxygen atoms in total. The van der Waals surface area contributed by atoms with Crippen LogP contribution in [0.15, 0.2) is 12.1 Å². The summed E-state index contributed by atoms with van der Waals surface area (Å²) in [5, 5.41) is 0. The molecule has 1 aliphatic rings. The molecule has 1 atom stereocenters. The number of anilines is 1. The SMILES string of the molecule is Cc1cc2c(cc1N)C(C)CCC2(C)C. The van der Waals surface area contributed by atoms with E-state index in [9.17, 15) is 0 Å². The van der Waals surface area contributed by atoms with Crippen LogP contribution in [0.2, 0.25) is 0 Å². The number of aryl methyl sites for hydroxylation is 1. The van der Waals surface area contributed by atoms with Gasteiger partial charge in [0.25, 0.3) is 0 Å². The highest BCUT2D eigenvalue weighted by Gasteiger charge is 2.31. The second-order valence-corrected chi connectivity index (χ2v) is 5.62. The Morgan fingerprint density at radius 2 is 2.00 bits per heavy atom. The molecule has 0 bridgehead atoms. The number of hydrogen-bond donors (Lipinski definition) is 1. The van der Waals surface area contributed by atoms with Gasteiger partial charge < -0.3 is 5.73 Å². The van der Waals surface area contributed by atoms with Crippen LogP contribution in [0.25, 0.3) is 0 Å². The fourth-order valence-corrected chi connectivity index (χ4v) is 2.60. The van der Waals surface area contributed by atoms with Crippen LogP contribution in [-0.4, -0.2) is 0 Å². The Hall–Kier alpha value is -0.980. The Kier molecular flexibility index (Phi) is 2.29. The maximum Gasteiger partial charge on any atom is 0.0346 e. The van der Waals surface area contributed by atoms with E-state index in [0.29, 0.717) is 11.3 Å². The van der Waals surface area contributed by atoms with Crippen LogP contribution in [-0.2, 0) is 5.41 Å². The number of hydrogen-bond acceptors (Lipinski definition) is 1. The molecule has 1 aromatic rings. The van der Waals surface area contributed by atoms with E-state index in [4.69, 9.17) is 5.73 Å². The molecule has 1 heteroatoms. The Labute approximate surface area is 92.7 Å². The summed E-state index contributed by atoms with van der Waals surface area (Å²) in [7, 11) is 0. The number of nitrogen functional groups attached to an aromatic ring is 1. The zero-order chi connectivity index (χ0) is 11.2. The molecule has 0 heterocycles. The molecule has 1 unspecified atom stereocenters. The monoisotopic (exact) mass is 203 g/mol. The van der Waals surface area contributed by atoms with Crippen molar-refractivity contribution in [1.29, 1.82) is 0 Å². The minimum absolute atomic E-state index is 0.320. The smallest absolute Gasteiger partial charge is 0.0346 e. The topological polar surface area (TPSA) is 26.0 Å². The van der Waals surface area contributed by atoms with Crippen LogP contribution in [0, 0.1) is 6.92 Å². The van der Waals surface area contributed by atoms with Gasteiger partial charge in [-0.2, -0.15) is 0 Å². The minimum atomic E-state index is 0.320. The number of nitrogens with two attached hydrogens (primary N) is 1. The Morgan fingerprint density at radius 1 is 1.33 bits per heavy atom. The van der Waals surface area contributed by atoms with Crippen molar-refractivity contribution >= 4 is 5.69 Å². The first-order chi connectivity index (χ1) is 6.92. The van der Waals surface area contributed by atoms with Crippen LogP contribution < -0.4 is 5.73 Å². The number of rotatable bonds is 0. The average Bonchev–Trinajstić information content (AvgIpc) is 2.16. The van der Waals surface area contributed by atoms with Gasteiger partial charge in [-0.05, 0) is 53.9 Å². The summed E-state index contributed by atoms with van der Waals surface area (Å²) in [4.78, 5) is 0. The average molecular weight is 203 g/mol. The minimum Gasteiger partial charge on any atom is -0.399 e. The van der Waals surface area contributed by atoms with Crippen molar-refractivity contribution < 1.29 is 0 Å². The third-order valence-electron chi connectivity index (χ3n) is 3.90. The molecule has 0 aliphatic heterocycles. The molecule has 15 heavy (non-hydrogen) atoms.